The number of amides is 2. The number of carbonyl (C=O) groups excluding carboxylic acids is 2. The molecule has 1 atom stereocenters. The SMILES string of the molecule is CC(C)(C)c1ccc(C(=O)N2CCN(C(=O)c3nnn4c3CO[C@H](c3ccc(F)cc3)C4)CC2)cc1. The summed E-state index contributed by atoms with van der Waals surface area (Å²) < 4.78 is 20.9. The van der Waals surface area contributed by atoms with Gasteiger partial charge in [0.05, 0.1) is 18.8 Å². The maximum atomic E-state index is 13.2. The number of aromatic nitrogens is 3. The van der Waals surface area contributed by atoms with E-state index in [0.29, 0.717) is 44.0 Å². The van der Waals surface area contributed by atoms with Gasteiger partial charge in [-0.15, -0.1) is 5.10 Å². The number of hydrogen-bond donors (Lipinski definition) is 0. The van der Waals surface area contributed by atoms with Gasteiger partial charge in [-0.3, -0.25) is 9.59 Å². The Morgan fingerprint density at radius 2 is 1.53 bits per heavy atom. The van der Waals surface area contributed by atoms with Crippen molar-refractivity contribution in [1.82, 2.24) is 24.8 Å². The van der Waals surface area contributed by atoms with Crippen molar-refractivity contribution < 1.29 is 18.7 Å². The van der Waals surface area contributed by atoms with Gasteiger partial charge in [0.15, 0.2) is 5.69 Å². The lowest BCUT2D eigenvalue weighted by molar-refractivity contribution is -0.00206. The second-order valence-electron chi connectivity index (χ2n) is 10.3. The van der Waals surface area contributed by atoms with Crippen molar-refractivity contribution in [3.63, 3.8) is 0 Å². The van der Waals surface area contributed by atoms with E-state index in [9.17, 15) is 14.0 Å². The maximum Gasteiger partial charge on any atom is 0.276 e. The monoisotopic (exact) mass is 491 g/mol. The third-order valence-corrected chi connectivity index (χ3v) is 6.89. The Balaban J connectivity index is 1.20. The molecule has 3 aromatic rings. The van der Waals surface area contributed by atoms with Crippen LogP contribution in [0, 0.1) is 5.82 Å². The Labute approximate surface area is 209 Å². The van der Waals surface area contributed by atoms with Crippen molar-refractivity contribution in [2.75, 3.05) is 26.2 Å². The maximum absolute atomic E-state index is 13.2. The first-order valence-corrected chi connectivity index (χ1v) is 12.2. The molecule has 0 spiro atoms. The first kappa shape index (κ1) is 24.1. The van der Waals surface area contributed by atoms with Crippen LogP contribution in [-0.4, -0.2) is 62.8 Å². The number of carbonyl (C=O) groups is 2. The van der Waals surface area contributed by atoms with Crippen molar-refractivity contribution >= 4 is 11.8 Å². The van der Waals surface area contributed by atoms with E-state index in [0.717, 1.165) is 5.56 Å². The lowest BCUT2D eigenvalue weighted by Gasteiger charge is -2.34. The van der Waals surface area contributed by atoms with Gasteiger partial charge in [0.25, 0.3) is 11.8 Å². The normalized spacial score (nSPS) is 18.2. The molecular weight excluding hydrogens is 461 g/mol. The molecule has 2 aromatic carbocycles. The number of nitrogens with zero attached hydrogens (tertiary/aromatic N) is 5. The molecule has 0 saturated carbocycles. The molecule has 1 fully saturated rings. The van der Waals surface area contributed by atoms with Crippen LogP contribution in [0.25, 0.3) is 0 Å². The van der Waals surface area contributed by atoms with Crippen LogP contribution < -0.4 is 0 Å². The summed E-state index contributed by atoms with van der Waals surface area (Å²) in [6.07, 6.45) is -0.283. The number of benzene rings is 2. The van der Waals surface area contributed by atoms with Crippen molar-refractivity contribution in [1.29, 1.82) is 0 Å². The molecular formula is C27H30FN5O3. The molecule has 0 bridgehead atoms. The first-order chi connectivity index (χ1) is 17.2. The smallest absolute Gasteiger partial charge is 0.276 e. The molecule has 2 aliphatic heterocycles. The van der Waals surface area contributed by atoms with Crippen LogP contribution in [0.3, 0.4) is 0 Å². The quantitative estimate of drug-likeness (QED) is 0.560. The van der Waals surface area contributed by atoms with Gasteiger partial charge in [-0.05, 0) is 40.8 Å². The molecule has 5 rings (SSSR count). The Morgan fingerprint density at radius 3 is 2.14 bits per heavy atom. The lowest BCUT2D eigenvalue weighted by atomic mass is 9.86. The molecule has 9 heteroatoms. The zero-order valence-electron chi connectivity index (χ0n) is 20.8. The molecule has 2 amide bonds. The fourth-order valence-corrected chi connectivity index (χ4v) is 4.61. The molecule has 0 N–H and O–H groups in total. The zero-order chi connectivity index (χ0) is 25.4. The van der Waals surface area contributed by atoms with Gasteiger partial charge in [-0.25, -0.2) is 9.07 Å². The molecule has 1 aromatic heterocycles. The Bertz CT molecular complexity index is 1260. The predicted molar refractivity (Wildman–Crippen MR) is 131 cm³/mol. The summed E-state index contributed by atoms with van der Waals surface area (Å²) in [5, 5.41) is 8.32. The highest BCUT2D eigenvalue weighted by Crippen LogP contribution is 2.28. The lowest BCUT2D eigenvalue weighted by Crippen LogP contribution is -2.50. The average Bonchev–Trinajstić information content (AvgIpc) is 3.31. The summed E-state index contributed by atoms with van der Waals surface area (Å²) in [4.78, 5) is 29.7. The molecule has 0 unspecified atom stereocenters. The minimum atomic E-state index is -0.302. The van der Waals surface area contributed by atoms with Gasteiger partial charge in [0.2, 0.25) is 0 Å². The number of rotatable bonds is 3. The van der Waals surface area contributed by atoms with E-state index in [-0.39, 0.29) is 41.5 Å². The van der Waals surface area contributed by atoms with Crippen molar-refractivity contribution in [3.05, 3.63) is 82.4 Å². The van der Waals surface area contributed by atoms with Crippen molar-refractivity contribution in [2.45, 2.75) is 45.4 Å². The Morgan fingerprint density at radius 1 is 0.917 bits per heavy atom. The standard InChI is InChI=1S/C27H30FN5O3/c1-27(2,3)20-8-4-19(5-9-20)25(34)31-12-14-32(15-13-31)26(35)24-22-17-36-23(16-33(22)30-29-24)18-6-10-21(28)11-7-18/h4-11,23H,12-17H2,1-3H3/t23-/m0/s1. The summed E-state index contributed by atoms with van der Waals surface area (Å²) in [6.45, 7) is 8.79. The molecule has 1 saturated heterocycles. The van der Waals surface area contributed by atoms with E-state index in [1.54, 1.807) is 26.6 Å². The van der Waals surface area contributed by atoms with Crippen molar-refractivity contribution in [3.8, 4) is 0 Å². The highest BCUT2D eigenvalue weighted by molar-refractivity contribution is 5.95. The van der Waals surface area contributed by atoms with Crippen LogP contribution in [0.5, 0.6) is 0 Å². The predicted octanol–water partition coefficient (Wildman–Crippen LogP) is 3.58. The highest BCUT2D eigenvalue weighted by Gasteiger charge is 2.32. The topological polar surface area (TPSA) is 80.6 Å². The summed E-state index contributed by atoms with van der Waals surface area (Å²) in [7, 11) is 0. The number of halogens is 1. The van der Waals surface area contributed by atoms with Crippen LogP contribution in [0.2, 0.25) is 0 Å². The molecule has 8 nitrogen and oxygen atoms in total. The summed E-state index contributed by atoms with van der Waals surface area (Å²) >= 11 is 0. The van der Waals surface area contributed by atoms with Crippen LogP contribution in [0.4, 0.5) is 4.39 Å². The zero-order valence-corrected chi connectivity index (χ0v) is 20.8. The van der Waals surface area contributed by atoms with Crippen LogP contribution in [0.15, 0.2) is 48.5 Å². The van der Waals surface area contributed by atoms with Crippen molar-refractivity contribution in [2.24, 2.45) is 0 Å². The van der Waals surface area contributed by atoms with E-state index in [2.05, 4.69) is 31.1 Å². The molecule has 2 aliphatic rings. The molecule has 3 heterocycles. The van der Waals surface area contributed by atoms with Gasteiger partial charge >= 0.3 is 0 Å². The number of hydrogen-bond acceptors (Lipinski definition) is 5. The van der Waals surface area contributed by atoms with Crippen LogP contribution in [-0.2, 0) is 23.3 Å². The second-order valence-corrected chi connectivity index (χ2v) is 10.3. The van der Waals surface area contributed by atoms with E-state index in [1.807, 2.05) is 24.3 Å². The summed E-state index contributed by atoms with van der Waals surface area (Å²) in [6, 6.07) is 13.9. The fraction of sp³-hybridized carbons (Fsp3) is 0.407. The molecule has 0 radical (unpaired) electrons. The van der Waals surface area contributed by atoms with Crippen LogP contribution >= 0.6 is 0 Å². The number of ether oxygens (including phenoxy) is 1. The molecule has 0 aliphatic carbocycles. The average molecular weight is 492 g/mol. The first-order valence-electron chi connectivity index (χ1n) is 12.2. The van der Waals surface area contributed by atoms with Gasteiger partial charge in [0.1, 0.15) is 11.9 Å². The largest absolute Gasteiger partial charge is 0.365 e. The Kier molecular flexibility index (Phi) is 6.34. The third-order valence-electron chi connectivity index (χ3n) is 6.89. The Hall–Kier alpha value is -3.59. The summed E-state index contributed by atoms with van der Waals surface area (Å²) in [5.41, 5.74) is 3.63. The molecule has 188 valence electrons. The fourth-order valence-electron chi connectivity index (χ4n) is 4.61. The van der Waals surface area contributed by atoms with E-state index < -0.39 is 0 Å². The van der Waals surface area contributed by atoms with E-state index in [1.165, 1.54) is 17.7 Å². The number of fused-ring (bicyclic) bond motifs is 1. The van der Waals surface area contributed by atoms with Crippen LogP contribution in [0.1, 0.15) is 64.5 Å². The van der Waals surface area contributed by atoms with E-state index in [4.69, 9.17) is 4.74 Å². The summed E-state index contributed by atoms with van der Waals surface area (Å²) in [5.74, 6) is -0.533. The van der Waals surface area contributed by atoms with Gasteiger partial charge in [-0.1, -0.05) is 50.3 Å². The highest BCUT2D eigenvalue weighted by atomic mass is 19.1. The minimum absolute atomic E-state index is 0.0242. The second kappa shape index (κ2) is 9.46. The minimum Gasteiger partial charge on any atom is -0.365 e. The number of piperazine rings is 1. The van der Waals surface area contributed by atoms with E-state index >= 15 is 0 Å². The van der Waals surface area contributed by atoms with Gasteiger partial charge < -0.3 is 14.5 Å². The van der Waals surface area contributed by atoms with Gasteiger partial charge in [0, 0.05) is 31.7 Å². The third kappa shape index (κ3) is 4.75. The van der Waals surface area contributed by atoms with Gasteiger partial charge in [-0.2, -0.15) is 0 Å². The molecule has 36 heavy (non-hydrogen) atoms.